The highest BCUT2D eigenvalue weighted by Gasteiger charge is 2.71. The van der Waals surface area contributed by atoms with Gasteiger partial charge in [-0.05, 0) is 99.7 Å². The maximum Gasteiger partial charge on any atom is 0.187 e. The van der Waals surface area contributed by atoms with Crippen LogP contribution in [-0.2, 0) is 47.4 Å². The Bertz CT molecular complexity index is 2340. The Kier molecular flexibility index (Phi) is 22.3. The third kappa shape index (κ3) is 13.0. The second-order valence-electron chi connectivity index (χ2n) is 28.7. The predicted octanol–water partition coefficient (Wildman–Crippen LogP) is -5.41. The molecule has 89 heavy (non-hydrogen) atoms. The number of aliphatic hydroxyl groups excluding tert-OH is 18. The van der Waals surface area contributed by atoms with Crippen molar-refractivity contribution in [2.24, 2.45) is 45.3 Å². The quantitative estimate of drug-likeness (QED) is 0.0506. The largest absolute Gasteiger partial charge is 0.394 e. The molecule has 9 aliphatic rings. The van der Waals surface area contributed by atoms with Gasteiger partial charge in [-0.25, -0.2) is 0 Å². The van der Waals surface area contributed by atoms with E-state index in [1.807, 2.05) is 13.8 Å². The summed E-state index contributed by atoms with van der Waals surface area (Å²) in [6, 6.07) is 0. The topological polar surface area (TPSA) is 477 Å². The van der Waals surface area contributed by atoms with E-state index >= 15 is 0 Å². The zero-order chi connectivity index (χ0) is 65.5. The lowest BCUT2D eigenvalue weighted by atomic mass is 9.38. The van der Waals surface area contributed by atoms with Gasteiger partial charge in [0.1, 0.15) is 122 Å². The fourth-order valence-electron chi connectivity index (χ4n) is 17.1. The summed E-state index contributed by atoms with van der Waals surface area (Å²) in [6.07, 6.45) is -38.0. The Morgan fingerprint density at radius 1 is 0.517 bits per heavy atom. The summed E-state index contributed by atoms with van der Waals surface area (Å²) in [5.41, 5.74) is -2.66. The van der Waals surface area contributed by atoms with Gasteiger partial charge >= 0.3 is 0 Å². The molecule has 8 fully saturated rings. The lowest BCUT2D eigenvalue weighted by molar-refractivity contribution is -0.379. The van der Waals surface area contributed by atoms with Gasteiger partial charge in [-0.3, -0.25) is 0 Å². The molecule has 5 saturated heterocycles. The highest BCUT2D eigenvalue weighted by molar-refractivity contribution is 5.32. The molecule has 4 aliphatic carbocycles. The summed E-state index contributed by atoms with van der Waals surface area (Å²) in [6.45, 7) is 12.3. The van der Waals surface area contributed by atoms with Crippen LogP contribution >= 0.6 is 0 Å². The van der Waals surface area contributed by atoms with Gasteiger partial charge < -0.3 is 144 Å². The summed E-state index contributed by atoms with van der Waals surface area (Å²) in [7, 11) is 0. The average molecular weight is 1290 g/mol. The van der Waals surface area contributed by atoms with Crippen molar-refractivity contribution in [2.75, 3.05) is 33.0 Å². The zero-order valence-corrected chi connectivity index (χ0v) is 51.8. The molecule has 35 atom stereocenters. The minimum Gasteiger partial charge on any atom is -0.394 e. The first-order valence-electron chi connectivity index (χ1n) is 31.6. The minimum absolute atomic E-state index is 0.000150. The van der Waals surface area contributed by atoms with E-state index in [9.17, 15) is 97.0 Å². The number of allylic oxidation sites excluding steroid dienone is 1. The van der Waals surface area contributed by atoms with Crippen molar-refractivity contribution in [3.05, 3.63) is 11.6 Å². The standard InChI is InChI=1S/C60H102O29/c1-23(9-13-35(57(4,5)79)87-54-49(44(74)39(69)30(21-64)84-54)88-52-47(77)42(72)37(67)28(19-62)82-52)24-15-16-58(6)32-12-10-25-26(60(32,8)33(65)17-59(24,58)7)11-14-34(56(25,2)3)86-55-50(89-53-48(78)43(73)38(68)29(20-63)83-53)45(75)40(70)31(85-55)22-80-51-46(76)41(71)36(66)27(18-61)81-51/h10,23-24,26-55,61-79H,9,11-22H2,1-8H3/t23-,24?,26?,27-,28-,29+,30-,31-,32?,33-,34+,35-,36-,37-,38+,39-,40-,41+,42+,43-,44+,45+,46-,47-,48+,49-,50-,51-,52+,53-,54+,55+,58+,59-,60+/m1/s1. The van der Waals surface area contributed by atoms with E-state index in [1.54, 1.807) is 0 Å². The van der Waals surface area contributed by atoms with Gasteiger partial charge in [0, 0.05) is 10.8 Å². The van der Waals surface area contributed by atoms with E-state index in [-0.39, 0.29) is 35.5 Å². The van der Waals surface area contributed by atoms with E-state index in [2.05, 4.69) is 33.8 Å². The monoisotopic (exact) mass is 1290 g/mol. The molecule has 0 aromatic carbocycles. The van der Waals surface area contributed by atoms with E-state index in [0.29, 0.717) is 32.1 Å². The highest BCUT2D eigenvalue weighted by Crippen LogP contribution is 2.75. The third-order valence-corrected chi connectivity index (χ3v) is 22.9. The van der Waals surface area contributed by atoms with E-state index < -0.39 is 227 Å². The Morgan fingerprint density at radius 3 is 1.47 bits per heavy atom. The first-order chi connectivity index (χ1) is 41.7. The van der Waals surface area contributed by atoms with Crippen LogP contribution < -0.4 is 0 Å². The van der Waals surface area contributed by atoms with Crippen molar-refractivity contribution in [3.8, 4) is 0 Å². The first kappa shape index (κ1) is 71.9. The van der Waals surface area contributed by atoms with Gasteiger partial charge in [0.15, 0.2) is 31.5 Å². The summed E-state index contributed by atoms with van der Waals surface area (Å²) in [5.74, 6) is -0.0688. The van der Waals surface area contributed by atoms with Gasteiger partial charge in [-0.15, -0.1) is 0 Å². The number of hydrogen-bond acceptors (Lipinski definition) is 29. The van der Waals surface area contributed by atoms with Crippen molar-refractivity contribution in [3.63, 3.8) is 0 Å². The molecule has 5 aliphatic heterocycles. The maximum absolute atomic E-state index is 12.9. The maximum atomic E-state index is 12.9. The number of ether oxygens (including phenoxy) is 10. The number of fused-ring (bicyclic) bond motifs is 5. The fourth-order valence-corrected chi connectivity index (χ4v) is 17.1. The predicted molar refractivity (Wildman–Crippen MR) is 300 cm³/mol. The summed E-state index contributed by atoms with van der Waals surface area (Å²) < 4.78 is 60.1. The second-order valence-corrected chi connectivity index (χ2v) is 28.7. The molecule has 3 unspecified atom stereocenters. The Morgan fingerprint density at radius 2 is 0.966 bits per heavy atom. The Labute approximate surface area is 517 Å². The third-order valence-electron chi connectivity index (χ3n) is 22.9. The van der Waals surface area contributed by atoms with Gasteiger partial charge in [0.25, 0.3) is 0 Å². The first-order valence-corrected chi connectivity index (χ1v) is 31.6. The number of aliphatic hydroxyl groups is 19. The van der Waals surface area contributed by atoms with E-state index in [4.69, 9.17) is 47.4 Å². The van der Waals surface area contributed by atoms with E-state index in [1.165, 1.54) is 13.8 Å². The zero-order valence-electron chi connectivity index (χ0n) is 51.8. The molecule has 0 radical (unpaired) electrons. The molecule has 3 saturated carbocycles. The SMILES string of the molecule is C[C@H](CC[C@@H](O[C@@H]1O[C@H](CO)[C@@H](O)[C@H](O)[C@H]1O[C@@H]1O[C@H](CO)[C@@H](O)[C@H](O)[C@H]1O)C(C)(C)O)C1CC[C@@]2(C)C3CC=C4C(CC[C@H](O[C@@H]5O[C@H](CO[C@@H]6O[C@H](CO)[C@@H](O)[C@H](O)[C@H]6O)[C@@H](O)[C@H](O)[C@H]5O[C@H]5O[C@@H](CO)[C@H](O)[C@@H](O)[C@@H]5O)C4(C)C)[C@]3(C)[C@H](O)C[C@]12C. The van der Waals surface area contributed by atoms with Crippen molar-refractivity contribution in [1.29, 1.82) is 0 Å². The van der Waals surface area contributed by atoms with Crippen molar-refractivity contribution in [2.45, 2.75) is 284 Å². The lowest BCUT2D eigenvalue weighted by Gasteiger charge is -2.67. The fraction of sp³-hybridized carbons (Fsp3) is 0.967. The van der Waals surface area contributed by atoms with Crippen LogP contribution in [0.15, 0.2) is 11.6 Å². The molecule has 0 aromatic rings. The Balaban J connectivity index is 0.912. The minimum atomic E-state index is -1.92. The van der Waals surface area contributed by atoms with Crippen molar-refractivity contribution < 1.29 is 144 Å². The summed E-state index contributed by atoms with van der Waals surface area (Å²) >= 11 is 0. The van der Waals surface area contributed by atoms with Crippen LogP contribution in [0.5, 0.6) is 0 Å². The second kappa shape index (κ2) is 27.6. The van der Waals surface area contributed by atoms with Gasteiger partial charge in [0.05, 0.1) is 56.9 Å². The van der Waals surface area contributed by atoms with Crippen LogP contribution in [0, 0.1) is 45.3 Å². The van der Waals surface area contributed by atoms with Gasteiger partial charge in [0.2, 0.25) is 0 Å². The summed E-state index contributed by atoms with van der Waals surface area (Å²) in [5, 5.41) is 205. The van der Waals surface area contributed by atoms with Crippen LogP contribution in [0.25, 0.3) is 0 Å². The van der Waals surface area contributed by atoms with Crippen LogP contribution in [0.3, 0.4) is 0 Å². The molecule has 19 N–H and O–H groups in total. The summed E-state index contributed by atoms with van der Waals surface area (Å²) in [4.78, 5) is 0. The number of rotatable bonds is 20. The van der Waals surface area contributed by atoms with Crippen LogP contribution in [-0.4, -0.2) is 308 Å². The lowest BCUT2D eigenvalue weighted by Crippen LogP contribution is -2.66. The van der Waals surface area contributed by atoms with Crippen molar-refractivity contribution in [1.82, 2.24) is 0 Å². The smallest absolute Gasteiger partial charge is 0.187 e. The molecule has 29 heteroatoms. The van der Waals surface area contributed by atoms with Crippen LogP contribution in [0.1, 0.15) is 107 Å². The molecule has 29 nitrogen and oxygen atoms in total. The molecule has 9 rings (SSSR count). The van der Waals surface area contributed by atoms with Crippen molar-refractivity contribution >= 4 is 0 Å². The molecule has 0 amide bonds. The van der Waals surface area contributed by atoms with E-state index in [0.717, 1.165) is 18.4 Å². The van der Waals surface area contributed by atoms with Gasteiger partial charge in [-0.1, -0.05) is 53.2 Å². The molecule has 0 aromatic heterocycles. The average Bonchev–Trinajstić information content (AvgIpc) is 1.66. The van der Waals surface area contributed by atoms with Crippen LogP contribution in [0.2, 0.25) is 0 Å². The van der Waals surface area contributed by atoms with Crippen LogP contribution in [0.4, 0.5) is 0 Å². The molecule has 516 valence electrons. The van der Waals surface area contributed by atoms with Gasteiger partial charge in [-0.2, -0.15) is 0 Å². The molecule has 0 bridgehead atoms. The molecular weight excluding hydrogens is 1180 g/mol. The normalized spacial score (nSPS) is 51.8. The highest BCUT2D eigenvalue weighted by atomic mass is 16.8. The number of hydrogen-bond donors (Lipinski definition) is 19. The Hall–Kier alpha value is -1.42. The molecule has 0 spiro atoms. The molecule has 5 heterocycles. The molecular formula is C60H102O29.